The number of carboxylic acid groups (broad SMARTS) is 1. The first-order chi connectivity index (χ1) is 12.2. The number of ether oxygens (including phenoxy) is 2. The Morgan fingerprint density at radius 1 is 0.840 bits per heavy atom. The standard InChI is InChI=1S/C20H36O5/c1-2-3-4-5-6-7-8-11-14-24-15-16-25-20(23)18-13-10-9-12-17(18)19(21)22/h17-18H,2-16H2,1H3,(H,21,22). The molecule has 25 heavy (non-hydrogen) atoms. The summed E-state index contributed by atoms with van der Waals surface area (Å²) in [5.74, 6) is -2.33. The fourth-order valence-corrected chi connectivity index (χ4v) is 3.46. The second-order valence-electron chi connectivity index (χ2n) is 7.09. The molecular weight excluding hydrogens is 320 g/mol. The van der Waals surface area contributed by atoms with Crippen LogP contribution in [-0.2, 0) is 19.1 Å². The van der Waals surface area contributed by atoms with Crippen LogP contribution in [0.3, 0.4) is 0 Å². The molecule has 1 fully saturated rings. The lowest BCUT2D eigenvalue weighted by Gasteiger charge is -2.26. The summed E-state index contributed by atoms with van der Waals surface area (Å²) in [5, 5.41) is 9.20. The number of carbonyl (C=O) groups excluding carboxylic acids is 1. The van der Waals surface area contributed by atoms with E-state index in [1.807, 2.05) is 0 Å². The van der Waals surface area contributed by atoms with Crippen LogP contribution in [0.2, 0.25) is 0 Å². The lowest BCUT2D eigenvalue weighted by molar-refractivity contribution is -0.160. The predicted octanol–water partition coefficient (Wildman–Crippen LogP) is 4.58. The summed E-state index contributed by atoms with van der Waals surface area (Å²) in [6.07, 6.45) is 13.1. The highest BCUT2D eigenvalue weighted by molar-refractivity contribution is 5.81. The van der Waals surface area contributed by atoms with E-state index in [4.69, 9.17) is 9.47 Å². The van der Waals surface area contributed by atoms with Crippen LogP contribution in [0, 0.1) is 11.8 Å². The van der Waals surface area contributed by atoms with Gasteiger partial charge in [-0.2, -0.15) is 0 Å². The van der Waals surface area contributed by atoms with Crippen LogP contribution in [0.1, 0.15) is 84.0 Å². The lowest BCUT2D eigenvalue weighted by atomic mass is 9.79. The number of carbonyl (C=O) groups is 2. The predicted molar refractivity (Wildman–Crippen MR) is 97.5 cm³/mol. The van der Waals surface area contributed by atoms with Crippen molar-refractivity contribution in [3.05, 3.63) is 0 Å². The number of hydrogen-bond acceptors (Lipinski definition) is 4. The second kappa shape index (κ2) is 14.1. The van der Waals surface area contributed by atoms with Gasteiger partial charge >= 0.3 is 11.9 Å². The summed E-state index contributed by atoms with van der Waals surface area (Å²) in [4.78, 5) is 23.3. The highest BCUT2D eigenvalue weighted by Crippen LogP contribution is 2.31. The summed E-state index contributed by atoms with van der Waals surface area (Å²) >= 11 is 0. The average Bonchev–Trinajstić information content (AvgIpc) is 2.62. The molecule has 0 heterocycles. The zero-order valence-electron chi connectivity index (χ0n) is 15.8. The number of unbranched alkanes of at least 4 members (excludes halogenated alkanes) is 7. The molecule has 0 spiro atoms. The van der Waals surface area contributed by atoms with Crippen LogP contribution in [0.4, 0.5) is 0 Å². The van der Waals surface area contributed by atoms with Gasteiger partial charge in [-0.1, -0.05) is 64.7 Å². The van der Waals surface area contributed by atoms with Crippen LogP contribution >= 0.6 is 0 Å². The van der Waals surface area contributed by atoms with Gasteiger partial charge in [0.15, 0.2) is 0 Å². The largest absolute Gasteiger partial charge is 0.481 e. The van der Waals surface area contributed by atoms with Crippen LogP contribution in [0.25, 0.3) is 0 Å². The van der Waals surface area contributed by atoms with Crippen molar-refractivity contribution in [3.8, 4) is 0 Å². The summed E-state index contributed by atoms with van der Waals surface area (Å²) in [6, 6.07) is 0. The maximum atomic E-state index is 12.1. The van der Waals surface area contributed by atoms with Crippen LogP contribution < -0.4 is 0 Å². The van der Waals surface area contributed by atoms with E-state index in [1.54, 1.807) is 0 Å². The molecule has 0 aromatic heterocycles. The normalized spacial score (nSPS) is 20.4. The molecule has 1 aliphatic rings. The molecule has 0 radical (unpaired) electrons. The number of esters is 1. The molecular formula is C20H36O5. The molecule has 2 atom stereocenters. The van der Waals surface area contributed by atoms with Gasteiger partial charge in [0, 0.05) is 6.61 Å². The topological polar surface area (TPSA) is 72.8 Å². The highest BCUT2D eigenvalue weighted by atomic mass is 16.6. The molecule has 0 aromatic rings. The van der Waals surface area contributed by atoms with E-state index >= 15 is 0 Å². The van der Waals surface area contributed by atoms with E-state index < -0.39 is 17.8 Å². The van der Waals surface area contributed by atoms with Crippen molar-refractivity contribution < 1.29 is 24.2 Å². The van der Waals surface area contributed by atoms with Crippen molar-refractivity contribution in [2.75, 3.05) is 19.8 Å². The summed E-state index contributed by atoms with van der Waals surface area (Å²) in [6.45, 7) is 3.55. The molecule has 0 saturated heterocycles. The van der Waals surface area contributed by atoms with Crippen molar-refractivity contribution in [3.63, 3.8) is 0 Å². The molecule has 1 rings (SSSR count). The molecule has 0 aromatic carbocycles. The number of carboxylic acids is 1. The van der Waals surface area contributed by atoms with E-state index in [-0.39, 0.29) is 12.6 Å². The van der Waals surface area contributed by atoms with Crippen molar-refractivity contribution in [2.45, 2.75) is 84.0 Å². The van der Waals surface area contributed by atoms with Crippen molar-refractivity contribution >= 4 is 11.9 Å². The molecule has 5 heteroatoms. The van der Waals surface area contributed by atoms with Gasteiger partial charge in [0.05, 0.1) is 18.4 Å². The molecule has 2 unspecified atom stereocenters. The smallest absolute Gasteiger partial charge is 0.309 e. The van der Waals surface area contributed by atoms with Crippen molar-refractivity contribution in [2.24, 2.45) is 11.8 Å². The molecule has 1 aliphatic carbocycles. The van der Waals surface area contributed by atoms with Crippen molar-refractivity contribution in [1.82, 2.24) is 0 Å². The third-order valence-corrected chi connectivity index (χ3v) is 5.00. The first-order valence-corrected chi connectivity index (χ1v) is 10.1. The van der Waals surface area contributed by atoms with Crippen LogP contribution in [-0.4, -0.2) is 36.9 Å². The lowest BCUT2D eigenvalue weighted by Crippen LogP contribution is -2.34. The first kappa shape index (κ1) is 21.9. The first-order valence-electron chi connectivity index (χ1n) is 10.1. The third kappa shape index (κ3) is 9.83. The van der Waals surface area contributed by atoms with Crippen LogP contribution in [0.5, 0.6) is 0 Å². The van der Waals surface area contributed by atoms with Gasteiger partial charge < -0.3 is 14.6 Å². The molecule has 5 nitrogen and oxygen atoms in total. The van der Waals surface area contributed by atoms with Gasteiger partial charge in [0.1, 0.15) is 6.61 Å². The summed E-state index contributed by atoms with van der Waals surface area (Å²) in [5.41, 5.74) is 0. The monoisotopic (exact) mass is 356 g/mol. The Kier molecular flexibility index (Phi) is 12.4. The van der Waals surface area contributed by atoms with Gasteiger partial charge in [0.25, 0.3) is 0 Å². The van der Waals surface area contributed by atoms with E-state index in [2.05, 4.69) is 6.92 Å². The molecule has 0 amide bonds. The maximum absolute atomic E-state index is 12.1. The molecule has 0 aliphatic heterocycles. The zero-order valence-corrected chi connectivity index (χ0v) is 15.8. The molecule has 0 bridgehead atoms. The summed E-state index contributed by atoms with van der Waals surface area (Å²) in [7, 11) is 0. The Balaban J connectivity index is 1.97. The molecule has 1 N–H and O–H groups in total. The second-order valence-corrected chi connectivity index (χ2v) is 7.09. The minimum absolute atomic E-state index is 0.221. The Morgan fingerprint density at radius 3 is 2.08 bits per heavy atom. The van der Waals surface area contributed by atoms with E-state index in [0.29, 0.717) is 26.1 Å². The number of hydrogen-bond donors (Lipinski definition) is 1. The third-order valence-electron chi connectivity index (χ3n) is 5.00. The quantitative estimate of drug-likeness (QED) is 0.364. The van der Waals surface area contributed by atoms with E-state index in [1.165, 1.54) is 44.9 Å². The maximum Gasteiger partial charge on any atom is 0.309 e. The highest BCUT2D eigenvalue weighted by Gasteiger charge is 2.36. The van der Waals surface area contributed by atoms with Gasteiger partial charge in [-0.15, -0.1) is 0 Å². The fraction of sp³-hybridized carbons (Fsp3) is 0.900. The number of rotatable bonds is 14. The van der Waals surface area contributed by atoms with Gasteiger partial charge in [0.2, 0.25) is 0 Å². The Morgan fingerprint density at radius 2 is 1.44 bits per heavy atom. The zero-order chi connectivity index (χ0) is 18.3. The molecule has 1 saturated carbocycles. The Bertz CT molecular complexity index is 369. The summed E-state index contributed by atoms with van der Waals surface area (Å²) < 4.78 is 10.7. The molecule has 146 valence electrons. The SMILES string of the molecule is CCCCCCCCCCOCCOC(=O)C1CCCCC1C(=O)O. The minimum Gasteiger partial charge on any atom is -0.481 e. The van der Waals surface area contributed by atoms with Crippen molar-refractivity contribution in [1.29, 1.82) is 0 Å². The average molecular weight is 357 g/mol. The minimum atomic E-state index is -0.882. The van der Waals surface area contributed by atoms with Gasteiger partial charge in [-0.25, -0.2) is 0 Å². The van der Waals surface area contributed by atoms with Gasteiger partial charge in [-0.05, 0) is 19.3 Å². The number of aliphatic carboxylic acids is 1. The van der Waals surface area contributed by atoms with Gasteiger partial charge in [-0.3, -0.25) is 9.59 Å². The fourth-order valence-electron chi connectivity index (χ4n) is 3.46. The Labute approximate surface area is 152 Å². The van der Waals surface area contributed by atoms with E-state index in [0.717, 1.165) is 19.3 Å². The van der Waals surface area contributed by atoms with E-state index in [9.17, 15) is 14.7 Å². The van der Waals surface area contributed by atoms with Crippen LogP contribution in [0.15, 0.2) is 0 Å². The Hall–Kier alpha value is -1.10.